The number of fused-ring (bicyclic) bond motifs is 1. The van der Waals surface area contributed by atoms with Crippen LogP contribution >= 0.6 is 0 Å². The van der Waals surface area contributed by atoms with Crippen LogP contribution in [0.2, 0.25) is 0 Å². The van der Waals surface area contributed by atoms with E-state index in [0.717, 1.165) is 6.07 Å². The number of carbonyl (C=O) groups is 1. The lowest BCUT2D eigenvalue weighted by atomic mass is 10.1. The maximum atomic E-state index is 11.7. The summed E-state index contributed by atoms with van der Waals surface area (Å²) in [4.78, 5) is 25.7. The van der Waals surface area contributed by atoms with E-state index in [1.165, 1.54) is 19.2 Å². The molecule has 0 aliphatic rings. The summed E-state index contributed by atoms with van der Waals surface area (Å²) >= 11 is 0. The van der Waals surface area contributed by atoms with Crippen LogP contribution in [-0.2, 0) is 4.74 Å². The van der Waals surface area contributed by atoms with Crippen molar-refractivity contribution in [2.75, 3.05) is 12.8 Å². The number of H-pyrrole nitrogens is 1. The summed E-state index contributed by atoms with van der Waals surface area (Å²) in [6.45, 7) is 0. The Morgan fingerprint density at radius 3 is 2.76 bits per heavy atom. The Labute approximate surface area is 95.6 Å². The number of aromatic nitrogens is 1. The van der Waals surface area contributed by atoms with Crippen molar-refractivity contribution in [3.63, 3.8) is 0 Å². The van der Waals surface area contributed by atoms with Gasteiger partial charge < -0.3 is 20.6 Å². The third-order valence-electron chi connectivity index (χ3n) is 2.36. The predicted molar refractivity (Wildman–Crippen MR) is 62.0 cm³/mol. The molecule has 1 aromatic carbocycles. The van der Waals surface area contributed by atoms with Gasteiger partial charge in [-0.1, -0.05) is 0 Å². The molecule has 0 spiro atoms. The molecule has 0 unspecified atom stereocenters. The average Bonchev–Trinajstić information content (AvgIpc) is 2.29. The molecule has 0 saturated heterocycles. The van der Waals surface area contributed by atoms with Gasteiger partial charge in [-0.25, -0.2) is 4.79 Å². The Bertz CT molecular complexity index is 660. The van der Waals surface area contributed by atoms with Gasteiger partial charge in [-0.15, -0.1) is 0 Å². The highest BCUT2D eigenvalue weighted by Gasteiger charge is 2.11. The molecule has 1 aromatic heterocycles. The van der Waals surface area contributed by atoms with Crippen LogP contribution in [0.25, 0.3) is 10.9 Å². The van der Waals surface area contributed by atoms with E-state index >= 15 is 0 Å². The van der Waals surface area contributed by atoms with Gasteiger partial charge in [0.2, 0.25) is 0 Å². The Morgan fingerprint density at radius 2 is 2.12 bits per heavy atom. The number of rotatable bonds is 1. The van der Waals surface area contributed by atoms with E-state index in [0.29, 0.717) is 5.52 Å². The van der Waals surface area contributed by atoms with Gasteiger partial charge in [-0.2, -0.15) is 0 Å². The monoisotopic (exact) mass is 234 g/mol. The lowest BCUT2D eigenvalue weighted by Gasteiger charge is -2.05. The van der Waals surface area contributed by atoms with Crippen molar-refractivity contribution < 1.29 is 14.6 Å². The van der Waals surface area contributed by atoms with Gasteiger partial charge in [0.1, 0.15) is 11.4 Å². The summed E-state index contributed by atoms with van der Waals surface area (Å²) in [5.74, 6) is -0.761. The number of nitrogens with one attached hydrogen (secondary N) is 1. The minimum absolute atomic E-state index is 0.0161. The van der Waals surface area contributed by atoms with Gasteiger partial charge in [0.25, 0.3) is 0 Å². The molecule has 0 saturated carbocycles. The Hall–Kier alpha value is -2.50. The Morgan fingerprint density at radius 1 is 1.41 bits per heavy atom. The van der Waals surface area contributed by atoms with Gasteiger partial charge in [0, 0.05) is 12.1 Å². The summed E-state index contributed by atoms with van der Waals surface area (Å²) in [5.41, 5.74) is 5.74. The van der Waals surface area contributed by atoms with Gasteiger partial charge >= 0.3 is 5.97 Å². The van der Waals surface area contributed by atoms with Gasteiger partial charge in [-0.05, 0) is 6.07 Å². The standard InChI is InChI=1S/C11H10N2O4/c1-17-11(16)8-4-9(15)6-2-5(14)3-7(12)10(6)13-8/h2-4,14H,12H2,1H3,(H,13,15). The molecule has 0 radical (unpaired) electrons. The molecule has 6 nitrogen and oxygen atoms in total. The highest BCUT2D eigenvalue weighted by Crippen LogP contribution is 2.22. The summed E-state index contributed by atoms with van der Waals surface area (Å²) < 4.78 is 4.50. The van der Waals surface area contributed by atoms with Crippen molar-refractivity contribution in [3.05, 3.63) is 34.1 Å². The topological polar surface area (TPSA) is 105 Å². The van der Waals surface area contributed by atoms with E-state index in [1.54, 1.807) is 0 Å². The second-order valence-electron chi connectivity index (χ2n) is 3.50. The van der Waals surface area contributed by atoms with Crippen LogP contribution in [0.15, 0.2) is 23.0 Å². The molecular formula is C11H10N2O4. The summed E-state index contributed by atoms with van der Waals surface area (Å²) in [7, 11) is 1.21. The minimum Gasteiger partial charge on any atom is -0.508 e. The maximum Gasteiger partial charge on any atom is 0.354 e. The number of hydrogen-bond donors (Lipinski definition) is 3. The lowest BCUT2D eigenvalue weighted by Crippen LogP contribution is -2.12. The number of nitrogen functional groups attached to an aromatic ring is 1. The normalized spacial score (nSPS) is 10.4. The maximum absolute atomic E-state index is 11.7. The number of ether oxygens (including phenoxy) is 1. The van der Waals surface area contributed by atoms with Crippen molar-refractivity contribution in [2.45, 2.75) is 0 Å². The van der Waals surface area contributed by atoms with Crippen LogP contribution in [0.5, 0.6) is 5.75 Å². The summed E-state index contributed by atoms with van der Waals surface area (Å²) in [6, 6.07) is 3.68. The number of esters is 1. The molecule has 1 heterocycles. The number of nitrogens with two attached hydrogens (primary N) is 1. The number of anilines is 1. The molecule has 0 amide bonds. The molecule has 88 valence electrons. The van der Waals surface area contributed by atoms with Crippen molar-refractivity contribution in [3.8, 4) is 5.75 Å². The van der Waals surface area contributed by atoms with Crippen LogP contribution in [-0.4, -0.2) is 23.2 Å². The molecule has 0 atom stereocenters. The largest absolute Gasteiger partial charge is 0.508 e. The molecule has 2 rings (SSSR count). The number of pyridine rings is 1. The molecule has 6 heteroatoms. The SMILES string of the molecule is COC(=O)c1cc(=O)c2cc(O)cc(N)c2[nH]1. The molecule has 0 bridgehead atoms. The third-order valence-corrected chi connectivity index (χ3v) is 2.36. The molecule has 4 N–H and O–H groups in total. The number of phenolic OH excluding ortho intramolecular Hbond substituents is 1. The summed E-state index contributed by atoms with van der Waals surface area (Å²) in [5, 5.41) is 9.55. The molecular weight excluding hydrogens is 224 g/mol. The molecule has 0 aliphatic heterocycles. The minimum atomic E-state index is -0.656. The number of methoxy groups -OCH3 is 1. The fraction of sp³-hybridized carbons (Fsp3) is 0.0909. The number of aromatic amines is 1. The second-order valence-corrected chi connectivity index (χ2v) is 3.50. The van der Waals surface area contributed by atoms with Crippen LogP contribution in [0.4, 0.5) is 5.69 Å². The van der Waals surface area contributed by atoms with E-state index in [1.807, 2.05) is 0 Å². The Balaban J connectivity index is 2.82. The van der Waals surface area contributed by atoms with Gasteiger partial charge in [0.05, 0.1) is 23.7 Å². The van der Waals surface area contributed by atoms with E-state index < -0.39 is 11.4 Å². The van der Waals surface area contributed by atoms with Crippen molar-refractivity contribution in [1.29, 1.82) is 0 Å². The van der Waals surface area contributed by atoms with Gasteiger partial charge in [-0.3, -0.25) is 4.79 Å². The second kappa shape index (κ2) is 3.82. The molecule has 2 aromatic rings. The first kappa shape index (κ1) is 11.0. The van der Waals surface area contributed by atoms with Crippen LogP contribution in [0.1, 0.15) is 10.5 Å². The van der Waals surface area contributed by atoms with E-state index in [9.17, 15) is 14.7 Å². The fourth-order valence-electron chi connectivity index (χ4n) is 1.58. The first-order chi connectivity index (χ1) is 8.02. The molecule has 0 aliphatic carbocycles. The van der Waals surface area contributed by atoms with Gasteiger partial charge in [0.15, 0.2) is 5.43 Å². The van der Waals surface area contributed by atoms with E-state index in [4.69, 9.17) is 5.73 Å². The smallest absolute Gasteiger partial charge is 0.354 e. The van der Waals surface area contributed by atoms with Crippen LogP contribution < -0.4 is 11.2 Å². The van der Waals surface area contributed by atoms with E-state index in [2.05, 4.69) is 9.72 Å². The zero-order valence-electron chi connectivity index (χ0n) is 8.98. The van der Waals surface area contributed by atoms with Crippen LogP contribution in [0, 0.1) is 0 Å². The van der Waals surface area contributed by atoms with Crippen molar-refractivity contribution in [2.24, 2.45) is 0 Å². The van der Waals surface area contributed by atoms with Crippen molar-refractivity contribution in [1.82, 2.24) is 4.98 Å². The molecule has 17 heavy (non-hydrogen) atoms. The third kappa shape index (κ3) is 1.80. The molecule has 0 fully saturated rings. The Kier molecular flexibility index (Phi) is 2.47. The lowest BCUT2D eigenvalue weighted by molar-refractivity contribution is 0.0594. The highest BCUT2D eigenvalue weighted by atomic mass is 16.5. The number of phenols is 1. The van der Waals surface area contributed by atoms with Crippen molar-refractivity contribution >= 4 is 22.6 Å². The number of aromatic hydroxyl groups is 1. The average molecular weight is 234 g/mol. The number of carbonyl (C=O) groups excluding carboxylic acids is 1. The summed E-state index contributed by atoms with van der Waals surface area (Å²) in [6.07, 6.45) is 0. The number of benzene rings is 1. The zero-order chi connectivity index (χ0) is 12.6. The predicted octanol–water partition coefficient (Wildman–Crippen LogP) is 0.603. The zero-order valence-corrected chi connectivity index (χ0v) is 8.98. The number of hydrogen-bond acceptors (Lipinski definition) is 5. The van der Waals surface area contributed by atoms with E-state index in [-0.39, 0.29) is 22.5 Å². The fourth-order valence-corrected chi connectivity index (χ4v) is 1.58. The highest BCUT2D eigenvalue weighted by molar-refractivity contribution is 5.95. The quantitative estimate of drug-likeness (QED) is 0.495. The first-order valence-corrected chi connectivity index (χ1v) is 4.76. The first-order valence-electron chi connectivity index (χ1n) is 4.76. The van der Waals surface area contributed by atoms with Crippen LogP contribution in [0.3, 0.4) is 0 Å².